The third-order valence-electron chi connectivity index (χ3n) is 5.78. The van der Waals surface area contributed by atoms with Gasteiger partial charge in [-0.3, -0.25) is 14.4 Å². The van der Waals surface area contributed by atoms with Gasteiger partial charge in [0.15, 0.2) is 22.9 Å². The van der Waals surface area contributed by atoms with E-state index >= 15 is 0 Å². The number of benzene rings is 1. The first-order valence-electron chi connectivity index (χ1n) is 8.09. The maximum Gasteiger partial charge on any atom is 0.329 e. The highest BCUT2D eigenvalue weighted by molar-refractivity contribution is 6.03. The zero-order chi connectivity index (χ0) is 19.7. The predicted octanol–water partition coefficient (Wildman–Crippen LogP) is 1.95. The molecule has 0 amide bonds. The molecule has 3 fully saturated rings. The molecule has 2 bridgehead atoms. The molecule has 1 aromatic carbocycles. The fourth-order valence-electron chi connectivity index (χ4n) is 4.52. The average molecular weight is 388 g/mol. The molecule has 2 aliphatic carbocycles. The molecule has 5 atom stereocenters. The van der Waals surface area contributed by atoms with Crippen molar-refractivity contribution in [2.75, 3.05) is 0 Å². The smallest absolute Gasteiger partial charge is 0.329 e. The lowest BCUT2D eigenvalue weighted by Gasteiger charge is -2.29. The van der Waals surface area contributed by atoms with Crippen LogP contribution in [0.5, 0.6) is 5.75 Å². The Labute approximate surface area is 149 Å². The molecule has 5 unspecified atom stereocenters. The fourth-order valence-corrected chi connectivity index (χ4v) is 4.52. The van der Waals surface area contributed by atoms with Gasteiger partial charge in [-0.05, 0) is 19.8 Å². The van der Waals surface area contributed by atoms with Gasteiger partial charge in [0.2, 0.25) is 11.6 Å². The summed E-state index contributed by atoms with van der Waals surface area (Å²) in [7, 11) is 0. The number of fused-ring (bicyclic) bond motifs is 1. The Balaban J connectivity index is 1.68. The first-order valence-corrected chi connectivity index (χ1v) is 8.09. The highest BCUT2D eigenvalue weighted by Gasteiger charge is 2.75. The molecule has 1 aromatic rings. The first-order chi connectivity index (χ1) is 12.7. The summed E-state index contributed by atoms with van der Waals surface area (Å²) in [6, 6.07) is 0. The minimum Gasteiger partial charge on any atom is -0.460 e. The largest absolute Gasteiger partial charge is 0.460 e. The van der Waals surface area contributed by atoms with Gasteiger partial charge in [-0.15, -0.1) is 0 Å². The quantitative estimate of drug-likeness (QED) is 0.149. The number of ether oxygens (including phenoxy) is 3. The summed E-state index contributed by atoms with van der Waals surface area (Å²) < 4.78 is 69.8. The van der Waals surface area contributed by atoms with Crippen molar-refractivity contribution in [3.63, 3.8) is 0 Å². The van der Waals surface area contributed by atoms with E-state index in [4.69, 9.17) is 14.2 Å². The zero-order valence-corrected chi connectivity index (χ0v) is 13.8. The Bertz CT molecular complexity index is 858. The fraction of sp³-hybridized carbons (Fsp3) is 0.471. The highest BCUT2D eigenvalue weighted by atomic mass is 19.2. The van der Waals surface area contributed by atoms with Crippen molar-refractivity contribution in [2.24, 2.45) is 17.3 Å². The summed E-state index contributed by atoms with van der Waals surface area (Å²) in [5.74, 6) is -12.1. The topological polar surface area (TPSA) is 78.9 Å². The lowest BCUT2D eigenvalue weighted by Crippen LogP contribution is -2.46. The maximum atomic E-state index is 14.1. The molecule has 1 saturated heterocycles. The lowest BCUT2D eigenvalue weighted by atomic mass is 9.73. The number of carbonyl (C=O) groups is 3. The van der Waals surface area contributed by atoms with Crippen molar-refractivity contribution in [3.8, 4) is 5.75 Å². The van der Waals surface area contributed by atoms with Gasteiger partial charge in [-0.25, -0.2) is 13.2 Å². The monoisotopic (exact) mass is 388 g/mol. The van der Waals surface area contributed by atoms with Crippen LogP contribution in [0.2, 0.25) is 0 Å². The van der Waals surface area contributed by atoms with Gasteiger partial charge in [0.25, 0.3) is 6.47 Å². The van der Waals surface area contributed by atoms with Crippen LogP contribution < -0.4 is 4.74 Å². The maximum absolute atomic E-state index is 14.1. The third kappa shape index (κ3) is 2.09. The summed E-state index contributed by atoms with van der Waals surface area (Å²) in [6.45, 7) is 1.06. The molecule has 1 aliphatic heterocycles. The Morgan fingerprint density at radius 3 is 2.56 bits per heavy atom. The van der Waals surface area contributed by atoms with Crippen LogP contribution in [-0.2, 0) is 23.9 Å². The van der Waals surface area contributed by atoms with E-state index in [1.165, 1.54) is 0 Å². The molecule has 27 heavy (non-hydrogen) atoms. The van der Waals surface area contributed by atoms with E-state index in [2.05, 4.69) is 0 Å². The predicted molar refractivity (Wildman–Crippen MR) is 76.1 cm³/mol. The van der Waals surface area contributed by atoms with Crippen molar-refractivity contribution in [1.82, 2.24) is 0 Å². The molecule has 0 radical (unpaired) electrons. The summed E-state index contributed by atoms with van der Waals surface area (Å²) in [6.07, 6.45) is -1.36. The van der Waals surface area contributed by atoms with Gasteiger partial charge in [0.1, 0.15) is 12.2 Å². The second-order valence-corrected chi connectivity index (χ2v) is 6.94. The third-order valence-corrected chi connectivity index (χ3v) is 5.78. The van der Waals surface area contributed by atoms with E-state index in [1.54, 1.807) is 0 Å². The first kappa shape index (κ1) is 17.7. The average Bonchev–Trinajstić information content (AvgIpc) is 3.24. The normalized spacial score (nSPS) is 33.1. The Morgan fingerprint density at radius 1 is 1.19 bits per heavy atom. The van der Waals surface area contributed by atoms with Crippen molar-refractivity contribution >= 4 is 18.4 Å². The number of rotatable bonds is 4. The number of carbonyl (C=O) groups excluding carboxylic acids is 3. The van der Waals surface area contributed by atoms with Gasteiger partial charge in [0.05, 0.1) is 0 Å². The molecular weight excluding hydrogens is 376 g/mol. The molecule has 144 valence electrons. The van der Waals surface area contributed by atoms with Crippen molar-refractivity contribution in [2.45, 2.75) is 32.0 Å². The zero-order valence-electron chi connectivity index (χ0n) is 13.8. The molecule has 4 rings (SSSR count). The number of halogens is 4. The Morgan fingerprint density at radius 2 is 1.89 bits per heavy atom. The van der Waals surface area contributed by atoms with Gasteiger partial charge >= 0.3 is 11.9 Å². The summed E-state index contributed by atoms with van der Waals surface area (Å²) >= 11 is 0. The molecule has 2 saturated carbocycles. The van der Waals surface area contributed by atoms with Crippen LogP contribution in [0, 0.1) is 47.4 Å². The minimum atomic E-state index is -2.01. The van der Waals surface area contributed by atoms with Crippen LogP contribution in [0.1, 0.15) is 18.4 Å². The Kier molecular flexibility index (Phi) is 3.73. The molecule has 0 aromatic heterocycles. The van der Waals surface area contributed by atoms with E-state index in [-0.39, 0.29) is 18.8 Å². The summed E-state index contributed by atoms with van der Waals surface area (Å²) in [4.78, 5) is 35.7. The lowest BCUT2D eigenvalue weighted by molar-refractivity contribution is -0.160. The van der Waals surface area contributed by atoms with Gasteiger partial charge in [-0.1, -0.05) is 0 Å². The van der Waals surface area contributed by atoms with Crippen LogP contribution >= 0.6 is 0 Å². The highest BCUT2D eigenvalue weighted by Crippen LogP contribution is 2.62. The molecule has 1 heterocycles. The second kappa shape index (κ2) is 5.67. The molecule has 10 heteroatoms. The molecule has 0 N–H and O–H groups in total. The van der Waals surface area contributed by atoms with E-state index in [0.717, 1.165) is 6.92 Å². The van der Waals surface area contributed by atoms with Crippen molar-refractivity contribution < 1.29 is 46.2 Å². The standard InChI is InChI=1S/C17H12F4O6/c1-5-8(18)10(20)11(21)14(9(5)19)27-16(24)17-3-6-2-7(17)13(26-15(17)23)12(6)25-4-22/h4,6-7,12-13H,2-3H2,1H3. The second-order valence-electron chi connectivity index (χ2n) is 6.94. The van der Waals surface area contributed by atoms with E-state index < -0.39 is 70.1 Å². The van der Waals surface area contributed by atoms with Gasteiger partial charge in [0, 0.05) is 17.4 Å². The summed E-state index contributed by atoms with van der Waals surface area (Å²) in [5, 5.41) is 0. The van der Waals surface area contributed by atoms with E-state index in [9.17, 15) is 31.9 Å². The van der Waals surface area contributed by atoms with Crippen LogP contribution in [0.15, 0.2) is 0 Å². The van der Waals surface area contributed by atoms with E-state index in [1.807, 2.05) is 0 Å². The minimum absolute atomic E-state index is 0.101. The number of esters is 2. The van der Waals surface area contributed by atoms with Crippen LogP contribution in [0.3, 0.4) is 0 Å². The van der Waals surface area contributed by atoms with E-state index in [0.29, 0.717) is 6.42 Å². The number of hydrogen-bond acceptors (Lipinski definition) is 6. The summed E-state index contributed by atoms with van der Waals surface area (Å²) in [5.41, 5.74) is -2.69. The van der Waals surface area contributed by atoms with Gasteiger partial charge in [-0.2, -0.15) is 4.39 Å². The van der Waals surface area contributed by atoms with Crippen molar-refractivity contribution in [3.05, 3.63) is 28.8 Å². The SMILES string of the molecule is Cc1c(F)c(F)c(F)c(OC(=O)C23CC4CC2C(OC3=O)C4OC=O)c1F. The molecular formula is C17H12F4O6. The van der Waals surface area contributed by atoms with Crippen LogP contribution in [-0.4, -0.2) is 30.6 Å². The molecule has 3 aliphatic rings. The number of hydrogen-bond donors (Lipinski definition) is 0. The Hall–Kier alpha value is -2.65. The van der Waals surface area contributed by atoms with Gasteiger partial charge < -0.3 is 14.2 Å². The molecule has 6 nitrogen and oxygen atoms in total. The van der Waals surface area contributed by atoms with Crippen molar-refractivity contribution in [1.29, 1.82) is 0 Å². The van der Waals surface area contributed by atoms with Crippen LogP contribution in [0.25, 0.3) is 0 Å². The van der Waals surface area contributed by atoms with Crippen LogP contribution in [0.4, 0.5) is 17.6 Å². The molecule has 0 spiro atoms.